The number of hydrogen-bond donors (Lipinski definition) is 1. The highest BCUT2D eigenvalue weighted by atomic mass is 19.1. The molecule has 0 saturated heterocycles. The molecule has 34 heavy (non-hydrogen) atoms. The summed E-state index contributed by atoms with van der Waals surface area (Å²) in [4.78, 5) is 27.8. The molecule has 2 aromatic carbocycles. The standard InChI is InChI=1S/C27H31FN4O2/c1-2-17-31(27(34)21-11-7-4-8-12-21)19-26(33)29-25-18-24(20-9-5-3-6-10-20)30-32(25)23-15-13-22(28)14-16-23/h3,5-6,9-10,13-16,18,21H,2,4,7-8,11-12,17,19H2,1H3,(H,29,33). The second-order valence-electron chi connectivity index (χ2n) is 8.81. The molecule has 1 aliphatic rings. The number of hydrogen-bond acceptors (Lipinski definition) is 3. The Morgan fingerprint density at radius 3 is 2.44 bits per heavy atom. The number of aromatic nitrogens is 2. The van der Waals surface area contributed by atoms with Crippen LogP contribution in [0.4, 0.5) is 10.2 Å². The second-order valence-corrected chi connectivity index (χ2v) is 8.81. The van der Waals surface area contributed by atoms with Crippen LogP contribution in [0.5, 0.6) is 0 Å². The van der Waals surface area contributed by atoms with E-state index in [2.05, 4.69) is 10.4 Å². The predicted octanol–water partition coefficient (Wildman–Crippen LogP) is 5.44. The summed E-state index contributed by atoms with van der Waals surface area (Å²) in [7, 11) is 0. The molecule has 3 aromatic rings. The lowest BCUT2D eigenvalue weighted by molar-refractivity contribution is -0.139. The fraction of sp³-hybridized carbons (Fsp3) is 0.370. The lowest BCUT2D eigenvalue weighted by atomic mass is 9.88. The molecule has 0 unspecified atom stereocenters. The van der Waals surface area contributed by atoms with Crippen LogP contribution in [-0.2, 0) is 9.59 Å². The third kappa shape index (κ3) is 5.71. The van der Waals surface area contributed by atoms with E-state index in [4.69, 9.17) is 0 Å². The molecular formula is C27H31FN4O2. The zero-order chi connectivity index (χ0) is 23.9. The quantitative estimate of drug-likeness (QED) is 0.485. The van der Waals surface area contributed by atoms with Crippen molar-refractivity contribution in [1.82, 2.24) is 14.7 Å². The lowest BCUT2D eigenvalue weighted by Gasteiger charge is -2.28. The van der Waals surface area contributed by atoms with Crippen molar-refractivity contribution in [2.45, 2.75) is 45.4 Å². The molecule has 178 valence electrons. The smallest absolute Gasteiger partial charge is 0.245 e. The molecule has 1 aromatic heterocycles. The Morgan fingerprint density at radius 2 is 1.76 bits per heavy atom. The highest BCUT2D eigenvalue weighted by Gasteiger charge is 2.27. The van der Waals surface area contributed by atoms with Gasteiger partial charge in [-0.25, -0.2) is 9.07 Å². The van der Waals surface area contributed by atoms with E-state index in [0.29, 0.717) is 23.7 Å². The minimum atomic E-state index is -0.346. The van der Waals surface area contributed by atoms with E-state index in [1.807, 2.05) is 37.3 Å². The highest BCUT2D eigenvalue weighted by Crippen LogP contribution is 2.27. The third-order valence-corrected chi connectivity index (χ3v) is 6.21. The molecule has 0 radical (unpaired) electrons. The van der Waals surface area contributed by atoms with Crippen molar-refractivity contribution >= 4 is 17.6 Å². The summed E-state index contributed by atoms with van der Waals surface area (Å²) in [5.41, 5.74) is 2.21. The van der Waals surface area contributed by atoms with Gasteiger partial charge in [0.15, 0.2) is 0 Å². The number of carbonyl (C=O) groups excluding carboxylic acids is 2. The van der Waals surface area contributed by atoms with E-state index < -0.39 is 0 Å². The number of benzene rings is 2. The fourth-order valence-corrected chi connectivity index (χ4v) is 4.50. The van der Waals surface area contributed by atoms with Crippen molar-refractivity contribution in [3.63, 3.8) is 0 Å². The summed E-state index contributed by atoms with van der Waals surface area (Å²) in [6, 6.07) is 17.4. The molecule has 1 saturated carbocycles. The molecule has 1 heterocycles. The van der Waals surface area contributed by atoms with Gasteiger partial charge in [0, 0.05) is 24.1 Å². The van der Waals surface area contributed by atoms with E-state index in [0.717, 1.165) is 37.7 Å². The largest absolute Gasteiger partial charge is 0.333 e. The fourth-order valence-electron chi connectivity index (χ4n) is 4.50. The molecule has 1 N–H and O–H groups in total. The number of carbonyl (C=O) groups is 2. The van der Waals surface area contributed by atoms with Crippen LogP contribution >= 0.6 is 0 Å². The summed E-state index contributed by atoms with van der Waals surface area (Å²) in [5.74, 6) is -0.0602. The molecule has 4 rings (SSSR count). The van der Waals surface area contributed by atoms with E-state index in [-0.39, 0.29) is 30.1 Å². The van der Waals surface area contributed by atoms with E-state index in [1.54, 1.807) is 27.8 Å². The maximum absolute atomic E-state index is 13.5. The molecule has 1 aliphatic carbocycles. The molecule has 0 atom stereocenters. The van der Waals surface area contributed by atoms with Gasteiger partial charge in [-0.1, -0.05) is 56.5 Å². The Labute approximate surface area is 199 Å². The summed E-state index contributed by atoms with van der Waals surface area (Å²) in [6.45, 7) is 2.56. The van der Waals surface area contributed by atoms with Gasteiger partial charge in [-0.05, 0) is 43.5 Å². The number of nitrogens with one attached hydrogen (secondary N) is 1. The van der Waals surface area contributed by atoms with Crippen molar-refractivity contribution in [1.29, 1.82) is 0 Å². The van der Waals surface area contributed by atoms with Crippen LogP contribution in [0, 0.1) is 11.7 Å². The number of anilines is 1. The van der Waals surface area contributed by atoms with Gasteiger partial charge in [0.05, 0.1) is 17.9 Å². The first-order chi connectivity index (χ1) is 16.5. The van der Waals surface area contributed by atoms with E-state index in [1.165, 1.54) is 18.6 Å². The topological polar surface area (TPSA) is 67.2 Å². The SMILES string of the molecule is CCCN(CC(=O)Nc1cc(-c2ccccc2)nn1-c1ccc(F)cc1)C(=O)C1CCCCC1. The average Bonchev–Trinajstić information content (AvgIpc) is 3.28. The summed E-state index contributed by atoms with van der Waals surface area (Å²) in [6.07, 6.45) is 5.91. The van der Waals surface area contributed by atoms with Crippen molar-refractivity contribution in [2.24, 2.45) is 5.92 Å². The summed E-state index contributed by atoms with van der Waals surface area (Å²) in [5, 5.41) is 7.59. The van der Waals surface area contributed by atoms with Crippen molar-refractivity contribution in [2.75, 3.05) is 18.4 Å². The van der Waals surface area contributed by atoms with Gasteiger partial charge >= 0.3 is 0 Å². The normalized spacial score (nSPS) is 14.1. The summed E-state index contributed by atoms with van der Waals surface area (Å²) < 4.78 is 15.1. The predicted molar refractivity (Wildman–Crippen MR) is 131 cm³/mol. The minimum Gasteiger partial charge on any atom is -0.333 e. The van der Waals surface area contributed by atoms with E-state index >= 15 is 0 Å². The molecule has 0 spiro atoms. The van der Waals surface area contributed by atoms with Crippen molar-refractivity contribution in [3.8, 4) is 16.9 Å². The van der Waals surface area contributed by atoms with Gasteiger partial charge < -0.3 is 10.2 Å². The first kappa shape index (κ1) is 23.7. The van der Waals surface area contributed by atoms with Crippen LogP contribution in [0.3, 0.4) is 0 Å². The van der Waals surface area contributed by atoms with Gasteiger partial charge in [0.1, 0.15) is 11.6 Å². The minimum absolute atomic E-state index is 0.00155. The zero-order valence-corrected chi connectivity index (χ0v) is 19.5. The third-order valence-electron chi connectivity index (χ3n) is 6.21. The first-order valence-corrected chi connectivity index (χ1v) is 12.0. The zero-order valence-electron chi connectivity index (χ0n) is 19.5. The van der Waals surface area contributed by atoms with Gasteiger partial charge in [0.2, 0.25) is 11.8 Å². The molecule has 0 aliphatic heterocycles. The van der Waals surface area contributed by atoms with Crippen molar-refractivity contribution in [3.05, 3.63) is 66.5 Å². The Morgan fingerprint density at radius 1 is 1.06 bits per heavy atom. The second kappa shape index (κ2) is 11.1. The molecular weight excluding hydrogens is 431 g/mol. The average molecular weight is 463 g/mol. The Kier molecular flexibility index (Phi) is 7.72. The first-order valence-electron chi connectivity index (χ1n) is 12.0. The molecule has 7 heteroatoms. The Hall–Kier alpha value is -3.48. The number of rotatable bonds is 8. The van der Waals surface area contributed by atoms with Crippen molar-refractivity contribution < 1.29 is 14.0 Å². The maximum Gasteiger partial charge on any atom is 0.245 e. The van der Waals surface area contributed by atoms with Gasteiger partial charge in [0.25, 0.3) is 0 Å². The molecule has 6 nitrogen and oxygen atoms in total. The van der Waals surface area contributed by atoms with Gasteiger partial charge in [-0.3, -0.25) is 9.59 Å². The Balaban J connectivity index is 1.56. The highest BCUT2D eigenvalue weighted by molar-refractivity contribution is 5.95. The van der Waals surface area contributed by atoms with E-state index in [9.17, 15) is 14.0 Å². The molecule has 0 bridgehead atoms. The van der Waals surface area contributed by atoms with Crippen LogP contribution in [0.25, 0.3) is 16.9 Å². The lowest BCUT2D eigenvalue weighted by Crippen LogP contribution is -2.42. The van der Waals surface area contributed by atoms with Gasteiger partial charge in [-0.15, -0.1) is 0 Å². The maximum atomic E-state index is 13.5. The van der Waals surface area contributed by atoms with Crippen LogP contribution in [0.2, 0.25) is 0 Å². The monoisotopic (exact) mass is 462 g/mol. The van der Waals surface area contributed by atoms with Crippen LogP contribution < -0.4 is 5.32 Å². The molecule has 1 fully saturated rings. The molecule has 2 amide bonds. The van der Waals surface area contributed by atoms with Crippen LogP contribution in [-0.4, -0.2) is 39.6 Å². The number of halogens is 1. The van der Waals surface area contributed by atoms with Crippen LogP contribution in [0.1, 0.15) is 45.4 Å². The van der Waals surface area contributed by atoms with Gasteiger partial charge in [-0.2, -0.15) is 5.10 Å². The summed E-state index contributed by atoms with van der Waals surface area (Å²) >= 11 is 0. The number of nitrogens with zero attached hydrogens (tertiary/aromatic N) is 3. The number of amides is 2. The Bertz CT molecular complexity index is 1110. The van der Waals surface area contributed by atoms with Crippen LogP contribution in [0.15, 0.2) is 60.7 Å².